The summed E-state index contributed by atoms with van der Waals surface area (Å²) in [5.41, 5.74) is 0.466. The number of hydrogen-bond acceptors (Lipinski definition) is 7. The first-order valence-corrected chi connectivity index (χ1v) is 7.92. The zero-order valence-electron chi connectivity index (χ0n) is 13.1. The second-order valence-corrected chi connectivity index (χ2v) is 6.27. The fraction of sp³-hybridized carbons (Fsp3) is 0.0667. The van der Waals surface area contributed by atoms with Crippen LogP contribution in [-0.4, -0.2) is 19.9 Å². The van der Waals surface area contributed by atoms with E-state index in [0.29, 0.717) is 10.9 Å². The molecular weight excluding hydrogens is 410 g/mol. The highest BCUT2D eigenvalue weighted by Crippen LogP contribution is 2.40. The minimum absolute atomic E-state index is 0.108. The third-order valence-electron chi connectivity index (χ3n) is 3.65. The van der Waals surface area contributed by atoms with Crippen LogP contribution in [0.3, 0.4) is 0 Å². The van der Waals surface area contributed by atoms with Gasteiger partial charge < -0.3 is 10.1 Å². The molecule has 2 aromatic carbocycles. The summed E-state index contributed by atoms with van der Waals surface area (Å²) in [5, 5.41) is 40.3. The number of non-ortho nitro benzene ring substituents is 1. The molecule has 0 aliphatic heterocycles. The molecule has 3 rings (SSSR count). The van der Waals surface area contributed by atoms with Gasteiger partial charge in [-0.25, -0.2) is 0 Å². The number of halogens is 1. The van der Waals surface area contributed by atoms with Gasteiger partial charge in [0.15, 0.2) is 11.4 Å². The molecule has 1 heterocycles. The van der Waals surface area contributed by atoms with Crippen LogP contribution in [0.2, 0.25) is 0 Å². The number of hydrogen-bond donors (Lipinski definition) is 2. The van der Waals surface area contributed by atoms with Crippen LogP contribution in [0.1, 0.15) is 5.56 Å². The van der Waals surface area contributed by atoms with Crippen LogP contribution in [0.25, 0.3) is 10.9 Å². The van der Waals surface area contributed by atoms with E-state index in [0.717, 1.165) is 28.2 Å². The number of aromatic amines is 1. The minimum atomic E-state index is -0.781. The summed E-state index contributed by atoms with van der Waals surface area (Å²) < 4.78 is 0.763. The van der Waals surface area contributed by atoms with E-state index >= 15 is 0 Å². The molecule has 0 aliphatic carbocycles. The quantitative estimate of drug-likeness (QED) is 0.339. The molecule has 0 atom stereocenters. The maximum Gasteiger partial charge on any atom is 0.303 e. The molecule has 0 aliphatic rings. The van der Waals surface area contributed by atoms with Gasteiger partial charge in [0.25, 0.3) is 5.69 Å². The molecule has 0 bridgehead atoms. The van der Waals surface area contributed by atoms with Crippen LogP contribution >= 0.6 is 15.9 Å². The van der Waals surface area contributed by atoms with Crippen LogP contribution in [0.4, 0.5) is 22.7 Å². The first-order valence-electron chi connectivity index (χ1n) is 7.13. The second-order valence-electron chi connectivity index (χ2n) is 5.35. The Hall–Kier alpha value is -3.34. The Labute approximate surface area is 153 Å². The molecule has 11 heteroatoms. The molecule has 26 heavy (non-hydrogen) atoms. The Balaban J connectivity index is 2.11. The van der Waals surface area contributed by atoms with E-state index in [9.17, 15) is 25.3 Å². The van der Waals surface area contributed by atoms with E-state index in [4.69, 9.17) is 0 Å². The Morgan fingerprint density at radius 3 is 2.50 bits per heavy atom. The van der Waals surface area contributed by atoms with Gasteiger partial charge in [-0.3, -0.25) is 20.2 Å². The van der Waals surface area contributed by atoms with Crippen molar-refractivity contribution in [1.82, 2.24) is 4.98 Å². The lowest BCUT2D eigenvalue weighted by Crippen LogP contribution is -1.92. The maximum absolute atomic E-state index is 11.1. The Morgan fingerprint density at radius 2 is 1.85 bits per heavy atom. The summed E-state index contributed by atoms with van der Waals surface area (Å²) in [7, 11) is 0. The summed E-state index contributed by atoms with van der Waals surface area (Å²) in [6, 6.07) is 6.60. The summed E-state index contributed by atoms with van der Waals surface area (Å²) in [6.45, 7) is 1.84. The number of aromatic hydroxyl groups is 1. The minimum Gasteiger partial charge on any atom is -0.493 e. The average molecular weight is 420 g/mol. The first-order chi connectivity index (χ1) is 12.3. The molecule has 0 fully saturated rings. The molecule has 0 spiro atoms. The van der Waals surface area contributed by atoms with Crippen LogP contribution in [0.15, 0.2) is 45.0 Å². The smallest absolute Gasteiger partial charge is 0.303 e. The largest absolute Gasteiger partial charge is 0.493 e. The standard InChI is InChI=1S/C15H10BrN5O5/c1-7-4-8(16)5-10-13(7)17-15(22)14(10)19-18-11-3-2-9(20(23)24)6-12(11)21(25)26/h2-6,17,22H,1H3. The van der Waals surface area contributed by atoms with E-state index in [1.807, 2.05) is 13.0 Å². The van der Waals surface area contributed by atoms with Gasteiger partial charge in [0.1, 0.15) is 0 Å². The van der Waals surface area contributed by atoms with Gasteiger partial charge in [0, 0.05) is 15.9 Å². The average Bonchev–Trinajstić information content (AvgIpc) is 2.88. The van der Waals surface area contributed by atoms with Gasteiger partial charge in [0.2, 0.25) is 5.88 Å². The molecule has 0 unspecified atom stereocenters. The lowest BCUT2D eigenvalue weighted by Gasteiger charge is -1.98. The van der Waals surface area contributed by atoms with Gasteiger partial charge in [0.05, 0.1) is 21.4 Å². The predicted octanol–water partition coefficient (Wildman–Crippen LogP) is 5.18. The van der Waals surface area contributed by atoms with Gasteiger partial charge in [-0.1, -0.05) is 15.9 Å². The number of fused-ring (bicyclic) bond motifs is 1. The number of aromatic nitrogens is 1. The van der Waals surface area contributed by atoms with Crippen LogP contribution in [0.5, 0.6) is 5.88 Å². The molecular formula is C15H10BrN5O5. The summed E-state index contributed by atoms with van der Waals surface area (Å²) in [4.78, 5) is 23.2. The summed E-state index contributed by atoms with van der Waals surface area (Å²) >= 11 is 3.35. The number of nitro benzene ring substituents is 2. The molecule has 2 N–H and O–H groups in total. The molecule has 0 radical (unpaired) electrons. The van der Waals surface area contributed by atoms with Crippen molar-refractivity contribution in [3.63, 3.8) is 0 Å². The lowest BCUT2D eigenvalue weighted by molar-refractivity contribution is -0.393. The third-order valence-corrected chi connectivity index (χ3v) is 4.11. The van der Waals surface area contributed by atoms with Gasteiger partial charge >= 0.3 is 5.69 Å². The molecule has 132 valence electrons. The van der Waals surface area contributed by atoms with Crippen molar-refractivity contribution >= 4 is 49.6 Å². The topological polar surface area (TPSA) is 147 Å². The number of nitro groups is 2. The zero-order chi connectivity index (χ0) is 19.0. The first kappa shape index (κ1) is 17.5. The molecule has 0 saturated heterocycles. The number of aryl methyl sites for hydroxylation is 1. The Bertz CT molecular complexity index is 1090. The van der Waals surface area contributed by atoms with Crippen molar-refractivity contribution in [3.05, 3.63) is 60.6 Å². The van der Waals surface area contributed by atoms with E-state index in [1.54, 1.807) is 6.07 Å². The van der Waals surface area contributed by atoms with Crippen LogP contribution in [0, 0.1) is 27.2 Å². The van der Waals surface area contributed by atoms with Crippen LogP contribution in [-0.2, 0) is 0 Å². The molecule has 10 nitrogen and oxygen atoms in total. The summed E-state index contributed by atoms with van der Waals surface area (Å²) in [5.74, 6) is -0.241. The molecule has 0 saturated carbocycles. The number of nitrogens with zero attached hydrogens (tertiary/aromatic N) is 4. The third kappa shape index (κ3) is 3.11. The number of azo groups is 1. The molecule has 0 amide bonds. The maximum atomic E-state index is 11.1. The molecule has 3 aromatic rings. The van der Waals surface area contributed by atoms with E-state index in [1.165, 1.54) is 0 Å². The highest BCUT2D eigenvalue weighted by Gasteiger charge is 2.20. The fourth-order valence-electron chi connectivity index (χ4n) is 2.46. The Morgan fingerprint density at radius 1 is 1.12 bits per heavy atom. The van der Waals surface area contributed by atoms with E-state index < -0.39 is 21.2 Å². The highest BCUT2D eigenvalue weighted by molar-refractivity contribution is 9.10. The van der Waals surface area contributed by atoms with Gasteiger partial charge in [-0.05, 0) is 30.7 Å². The number of rotatable bonds is 4. The van der Waals surface area contributed by atoms with Crippen molar-refractivity contribution in [2.45, 2.75) is 6.92 Å². The zero-order valence-corrected chi connectivity index (χ0v) is 14.7. The normalized spacial score (nSPS) is 11.3. The van der Waals surface area contributed by atoms with Crippen molar-refractivity contribution in [2.24, 2.45) is 10.2 Å². The lowest BCUT2D eigenvalue weighted by atomic mass is 10.1. The monoisotopic (exact) mass is 419 g/mol. The Kier molecular flexibility index (Phi) is 4.38. The highest BCUT2D eigenvalue weighted by atomic mass is 79.9. The van der Waals surface area contributed by atoms with Crippen molar-refractivity contribution in [1.29, 1.82) is 0 Å². The summed E-state index contributed by atoms with van der Waals surface area (Å²) in [6.07, 6.45) is 0. The van der Waals surface area contributed by atoms with E-state index in [-0.39, 0.29) is 17.3 Å². The number of nitrogens with one attached hydrogen (secondary N) is 1. The fourth-order valence-corrected chi connectivity index (χ4v) is 3.03. The SMILES string of the molecule is Cc1cc(Br)cc2c(N=Nc3ccc([N+](=O)[O-])cc3[N+](=O)[O-])c(O)[nH]c12. The number of benzene rings is 2. The number of H-pyrrole nitrogens is 1. The molecule has 1 aromatic heterocycles. The van der Waals surface area contributed by atoms with Gasteiger partial charge in [-0.2, -0.15) is 0 Å². The second kappa shape index (κ2) is 6.52. The van der Waals surface area contributed by atoms with Crippen LogP contribution < -0.4 is 0 Å². The van der Waals surface area contributed by atoms with Crippen molar-refractivity contribution < 1.29 is 15.0 Å². The van der Waals surface area contributed by atoms with Crippen molar-refractivity contribution in [3.8, 4) is 5.88 Å². The van der Waals surface area contributed by atoms with Gasteiger partial charge in [-0.15, -0.1) is 10.2 Å². The van der Waals surface area contributed by atoms with Crippen molar-refractivity contribution in [2.75, 3.05) is 0 Å². The predicted molar refractivity (Wildman–Crippen MR) is 96.3 cm³/mol. The van der Waals surface area contributed by atoms with E-state index in [2.05, 4.69) is 31.1 Å².